The van der Waals surface area contributed by atoms with Crippen molar-refractivity contribution in [1.82, 2.24) is 19.5 Å². The second kappa shape index (κ2) is 4.94. The molecule has 5 heteroatoms. The summed E-state index contributed by atoms with van der Waals surface area (Å²) in [7, 11) is 0. The topological polar surface area (TPSA) is 59.5 Å². The van der Waals surface area contributed by atoms with Gasteiger partial charge in [-0.1, -0.05) is 6.42 Å². The van der Waals surface area contributed by atoms with Crippen LogP contribution in [0.3, 0.4) is 0 Å². The summed E-state index contributed by atoms with van der Waals surface area (Å²) in [6, 6.07) is 3.77. The molecular weight excluding hydrogens is 226 g/mol. The third-order valence-electron chi connectivity index (χ3n) is 3.50. The molecule has 2 aromatic rings. The first-order valence-electron chi connectivity index (χ1n) is 6.64. The normalized spacial score (nSPS) is 17.3. The molecule has 0 bridgehead atoms. The predicted molar refractivity (Wildman–Crippen MR) is 71.4 cm³/mol. The number of aromatic nitrogens is 3. The van der Waals surface area contributed by atoms with Gasteiger partial charge in [-0.05, 0) is 38.1 Å². The zero-order valence-corrected chi connectivity index (χ0v) is 10.5. The van der Waals surface area contributed by atoms with E-state index in [1.807, 2.05) is 18.3 Å². The SMILES string of the molecule is Nc1ccc2nc(CCN3CCCCC3)nn2c1. The summed E-state index contributed by atoms with van der Waals surface area (Å²) in [6.07, 6.45) is 6.76. The van der Waals surface area contributed by atoms with E-state index in [4.69, 9.17) is 5.73 Å². The minimum absolute atomic E-state index is 0.718. The summed E-state index contributed by atoms with van der Waals surface area (Å²) in [5.74, 6) is 0.908. The van der Waals surface area contributed by atoms with Crippen molar-refractivity contribution in [3.05, 3.63) is 24.2 Å². The quantitative estimate of drug-likeness (QED) is 0.886. The van der Waals surface area contributed by atoms with Gasteiger partial charge in [-0.3, -0.25) is 0 Å². The molecule has 0 radical (unpaired) electrons. The number of anilines is 1. The van der Waals surface area contributed by atoms with E-state index in [-0.39, 0.29) is 0 Å². The van der Waals surface area contributed by atoms with Gasteiger partial charge in [-0.25, -0.2) is 9.50 Å². The van der Waals surface area contributed by atoms with Crippen LogP contribution in [0.4, 0.5) is 5.69 Å². The van der Waals surface area contributed by atoms with E-state index < -0.39 is 0 Å². The molecule has 0 aromatic carbocycles. The summed E-state index contributed by atoms with van der Waals surface area (Å²) in [5, 5.41) is 4.46. The molecule has 1 aliphatic heterocycles. The van der Waals surface area contributed by atoms with Gasteiger partial charge < -0.3 is 10.6 Å². The van der Waals surface area contributed by atoms with Crippen LogP contribution in [0.2, 0.25) is 0 Å². The van der Waals surface area contributed by atoms with Crippen LogP contribution in [0.1, 0.15) is 25.1 Å². The molecule has 1 saturated heterocycles. The number of nitrogens with two attached hydrogens (primary N) is 1. The highest BCUT2D eigenvalue weighted by atomic mass is 15.3. The van der Waals surface area contributed by atoms with E-state index in [1.54, 1.807) is 4.52 Å². The fraction of sp³-hybridized carbons (Fsp3) is 0.538. The Morgan fingerprint density at radius 2 is 2.00 bits per heavy atom. The van der Waals surface area contributed by atoms with Crippen molar-refractivity contribution in [2.75, 3.05) is 25.4 Å². The number of fused-ring (bicyclic) bond motifs is 1. The van der Waals surface area contributed by atoms with Crippen molar-refractivity contribution in [2.45, 2.75) is 25.7 Å². The molecule has 0 atom stereocenters. The highest BCUT2D eigenvalue weighted by Crippen LogP contribution is 2.10. The predicted octanol–water partition coefficient (Wildman–Crippen LogP) is 1.34. The molecule has 3 heterocycles. The van der Waals surface area contributed by atoms with Crippen LogP contribution in [0.15, 0.2) is 18.3 Å². The van der Waals surface area contributed by atoms with Crippen molar-refractivity contribution >= 4 is 11.3 Å². The van der Waals surface area contributed by atoms with Crippen molar-refractivity contribution in [3.8, 4) is 0 Å². The van der Waals surface area contributed by atoms with Crippen LogP contribution in [0.5, 0.6) is 0 Å². The molecular formula is C13H19N5. The minimum atomic E-state index is 0.718. The Kier molecular flexibility index (Phi) is 3.15. The number of hydrogen-bond acceptors (Lipinski definition) is 4. The van der Waals surface area contributed by atoms with Crippen molar-refractivity contribution < 1.29 is 0 Å². The smallest absolute Gasteiger partial charge is 0.155 e. The Morgan fingerprint density at radius 3 is 2.83 bits per heavy atom. The third kappa shape index (κ3) is 2.46. The van der Waals surface area contributed by atoms with Crippen LogP contribution in [0.25, 0.3) is 5.65 Å². The number of nitrogens with zero attached hydrogens (tertiary/aromatic N) is 4. The zero-order chi connectivity index (χ0) is 12.4. The molecule has 0 spiro atoms. The standard InChI is InChI=1S/C13H19N5/c14-11-4-5-13-15-12(16-18(13)10-11)6-9-17-7-2-1-3-8-17/h4-5,10H,1-3,6-9,14H2. The Balaban J connectivity index is 1.67. The van der Waals surface area contributed by atoms with Gasteiger partial charge in [0.1, 0.15) is 0 Å². The molecule has 1 fully saturated rings. The number of hydrogen-bond donors (Lipinski definition) is 1. The molecule has 5 nitrogen and oxygen atoms in total. The Labute approximate surface area is 107 Å². The lowest BCUT2D eigenvalue weighted by Gasteiger charge is -2.25. The Bertz CT molecular complexity index is 527. The van der Waals surface area contributed by atoms with Crippen molar-refractivity contribution in [3.63, 3.8) is 0 Å². The van der Waals surface area contributed by atoms with Crippen LogP contribution < -0.4 is 5.73 Å². The monoisotopic (exact) mass is 245 g/mol. The van der Waals surface area contributed by atoms with Gasteiger partial charge in [-0.2, -0.15) is 5.10 Å². The van der Waals surface area contributed by atoms with Gasteiger partial charge in [0.2, 0.25) is 0 Å². The molecule has 0 amide bonds. The van der Waals surface area contributed by atoms with E-state index in [1.165, 1.54) is 32.4 Å². The lowest BCUT2D eigenvalue weighted by molar-refractivity contribution is 0.230. The van der Waals surface area contributed by atoms with Gasteiger partial charge in [0, 0.05) is 13.0 Å². The van der Waals surface area contributed by atoms with Crippen LogP contribution >= 0.6 is 0 Å². The van der Waals surface area contributed by atoms with Crippen LogP contribution in [-0.4, -0.2) is 39.1 Å². The molecule has 2 N–H and O–H groups in total. The summed E-state index contributed by atoms with van der Waals surface area (Å²) in [5.41, 5.74) is 7.32. The Hall–Kier alpha value is -1.62. The van der Waals surface area contributed by atoms with E-state index in [9.17, 15) is 0 Å². The molecule has 18 heavy (non-hydrogen) atoms. The average molecular weight is 245 g/mol. The van der Waals surface area contributed by atoms with Gasteiger partial charge in [0.25, 0.3) is 0 Å². The molecule has 0 unspecified atom stereocenters. The van der Waals surface area contributed by atoms with Gasteiger partial charge >= 0.3 is 0 Å². The molecule has 1 aliphatic rings. The van der Waals surface area contributed by atoms with Gasteiger partial charge in [0.15, 0.2) is 11.5 Å². The first-order valence-corrected chi connectivity index (χ1v) is 6.64. The number of likely N-dealkylation sites (tertiary alicyclic amines) is 1. The lowest BCUT2D eigenvalue weighted by atomic mass is 10.1. The highest BCUT2D eigenvalue weighted by molar-refractivity contribution is 5.46. The van der Waals surface area contributed by atoms with Crippen molar-refractivity contribution in [1.29, 1.82) is 0 Å². The lowest BCUT2D eigenvalue weighted by Crippen LogP contribution is -2.31. The Morgan fingerprint density at radius 1 is 1.17 bits per heavy atom. The second-order valence-electron chi connectivity index (χ2n) is 4.95. The fourth-order valence-corrected chi connectivity index (χ4v) is 2.49. The second-order valence-corrected chi connectivity index (χ2v) is 4.95. The number of nitrogen functional groups attached to an aromatic ring is 1. The van der Waals surface area contributed by atoms with Crippen molar-refractivity contribution in [2.24, 2.45) is 0 Å². The maximum Gasteiger partial charge on any atom is 0.155 e. The van der Waals surface area contributed by atoms with Gasteiger partial charge in [0.05, 0.1) is 11.9 Å². The number of pyridine rings is 1. The van der Waals surface area contributed by atoms with Crippen LogP contribution in [0, 0.1) is 0 Å². The fourth-order valence-electron chi connectivity index (χ4n) is 2.49. The van der Waals surface area contributed by atoms with E-state index >= 15 is 0 Å². The van der Waals surface area contributed by atoms with E-state index in [0.29, 0.717) is 0 Å². The average Bonchev–Trinajstić information content (AvgIpc) is 2.79. The minimum Gasteiger partial charge on any atom is -0.397 e. The maximum absolute atomic E-state index is 5.73. The van der Waals surface area contributed by atoms with Crippen LogP contribution in [-0.2, 0) is 6.42 Å². The largest absolute Gasteiger partial charge is 0.397 e. The number of piperidine rings is 1. The third-order valence-corrected chi connectivity index (χ3v) is 3.50. The van der Waals surface area contributed by atoms with E-state index in [2.05, 4.69) is 15.0 Å². The first kappa shape index (κ1) is 11.5. The summed E-state index contributed by atoms with van der Waals surface area (Å²) in [4.78, 5) is 7.01. The number of rotatable bonds is 3. The van der Waals surface area contributed by atoms with Gasteiger partial charge in [-0.15, -0.1) is 0 Å². The molecule has 3 rings (SSSR count). The summed E-state index contributed by atoms with van der Waals surface area (Å²) < 4.78 is 1.76. The molecule has 96 valence electrons. The highest BCUT2D eigenvalue weighted by Gasteiger charge is 2.11. The molecule has 0 aliphatic carbocycles. The maximum atomic E-state index is 5.73. The summed E-state index contributed by atoms with van der Waals surface area (Å²) in [6.45, 7) is 3.51. The molecule has 2 aromatic heterocycles. The molecule has 0 saturated carbocycles. The zero-order valence-electron chi connectivity index (χ0n) is 10.5. The van der Waals surface area contributed by atoms with E-state index in [0.717, 1.165) is 30.1 Å². The first-order chi connectivity index (χ1) is 8.81. The summed E-state index contributed by atoms with van der Waals surface area (Å²) >= 11 is 0.